The molecule has 0 aromatic carbocycles. The minimum Gasteiger partial charge on any atom is -0.462 e. The van der Waals surface area contributed by atoms with Gasteiger partial charge in [0.05, 0.1) is 13.2 Å². The maximum absolute atomic E-state index is 12.7. The van der Waals surface area contributed by atoms with E-state index in [4.69, 9.17) is 18.5 Å². The molecule has 0 aliphatic carbocycles. The average Bonchev–Trinajstić information content (AvgIpc) is 3.23. The van der Waals surface area contributed by atoms with Gasteiger partial charge < -0.3 is 19.7 Å². The van der Waals surface area contributed by atoms with Gasteiger partial charge in [-0.15, -0.1) is 0 Å². The summed E-state index contributed by atoms with van der Waals surface area (Å²) in [4.78, 5) is 52.0. The van der Waals surface area contributed by atoms with Crippen molar-refractivity contribution in [2.75, 3.05) is 32.1 Å². The van der Waals surface area contributed by atoms with Gasteiger partial charge in [-0.3, -0.25) is 23.4 Å². The van der Waals surface area contributed by atoms with Crippen molar-refractivity contribution in [3.05, 3.63) is 24.4 Å². The quantitative estimate of drug-likeness (QED) is 0.0278. The first-order valence-electron chi connectivity index (χ1n) is 23.2. The minimum absolute atomic E-state index is 0.0130. The molecule has 1 amide bonds. The second kappa shape index (κ2) is 40.4. The molecule has 1 rings (SSSR count). The first-order chi connectivity index (χ1) is 28.8. The number of ether oxygens (including phenoxy) is 2. The van der Waals surface area contributed by atoms with E-state index in [0.29, 0.717) is 12.2 Å². The number of rotatable bonds is 43. The van der Waals surface area contributed by atoms with Crippen LogP contribution in [0, 0.1) is 0 Å². The molecule has 59 heavy (non-hydrogen) atoms. The highest BCUT2D eigenvalue weighted by Crippen LogP contribution is 2.43. The smallest absolute Gasteiger partial charge is 0.462 e. The van der Waals surface area contributed by atoms with E-state index in [2.05, 4.69) is 24.1 Å². The van der Waals surface area contributed by atoms with Gasteiger partial charge in [-0.2, -0.15) is 0 Å². The third-order valence-electron chi connectivity index (χ3n) is 9.99. The lowest BCUT2D eigenvalue weighted by Crippen LogP contribution is -2.30. The third kappa shape index (κ3) is 37.8. The van der Waals surface area contributed by atoms with E-state index in [1.54, 1.807) is 6.20 Å². The first-order valence-corrected chi connectivity index (χ1v) is 27.0. The standard InChI is InChI=1S/C45H81N2O9PS2/c1-3-5-7-9-11-13-15-17-19-21-23-25-27-32-44(49)53-39-41(56-45(50)33-28-26-24-22-20-18-16-14-12-10-8-6-4-2)40-55-57(51,52)54-37-36-46-42(48)34-38-58-59-43-31-29-30-35-47-43/h29-31,35,41H,3-28,32-34,36-40H2,1-2H3,(H,46,48)(H,51,52). The largest absolute Gasteiger partial charge is 0.472 e. The number of nitrogens with zero attached hydrogens (tertiary/aromatic N) is 1. The van der Waals surface area contributed by atoms with Crippen LogP contribution >= 0.6 is 29.4 Å². The summed E-state index contributed by atoms with van der Waals surface area (Å²) >= 11 is 0. The number of unbranched alkanes of at least 4 members (excludes halogenated alkanes) is 24. The predicted molar refractivity (Wildman–Crippen MR) is 243 cm³/mol. The van der Waals surface area contributed by atoms with Crippen molar-refractivity contribution < 1.29 is 42.4 Å². The van der Waals surface area contributed by atoms with Crippen LogP contribution in [0.15, 0.2) is 29.4 Å². The van der Waals surface area contributed by atoms with Crippen molar-refractivity contribution in [1.82, 2.24) is 10.3 Å². The zero-order chi connectivity index (χ0) is 42.9. The highest BCUT2D eigenvalue weighted by Gasteiger charge is 2.26. The van der Waals surface area contributed by atoms with Crippen LogP contribution in [0.5, 0.6) is 0 Å². The molecule has 0 radical (unpaired) electrons. The summed E-state index contributed by atoms with van der Waals surface area (Å²) in [6, 6.07) is 5.64. The Balaban J connectivity index is 2.37. The Morgan fingerprint density at radius 1 is 0.661 bits per heavy atom. The number of amides is 1. The Hall–Kier alpha value is -1.63. The maximum Gasteiger partial charge on any atom is 0.472 e. The van der Waals surface area contributed by atoms with Crippen LogP contribution in [0.2, 0.25) is 0 Å². The van der Waals surface area contributed by atoms with Crippen LogP contribution in [-0.2, 0) is 37.5 Å². The number of esters is 2. The van der Waals surface area contributed by atoms with Gasteiger partial charge >= 0.3 is 19.8 Å². The van der Waals surface area contributed by atoms with E-state index in [0.717, 1.165) is 43.6 Å². The van der Waals surface area contributed by atoms with Gasteiger partial charge in [-0.1, -0.05) is 185 Å². The summed E-state index contributed by atoms with van der Waals surface area (Å²) in [6.45, 7) is 3.48. The molecule has 0 spiro atoms. The molecule has 342 valence electrons. The first kappa shape index (κ1) is 55.4. The number of hydrogen-bond donors (Lipinski definition) is 2. The van der Waals surface area contributed by atoms with E-state index >= 15 is 0 Å². The number of aromatic nitrogens is 1. The SMILES string of the molecule is CCCCCCCCCCCCCCCC(=O)OCC(COP(=O)(O)OCCNC(=O)CCSSc1ccccn1)OC(=O)CCCCCCCCCCCCCCC. The number of pyridine rings is 1. The fourth-order valence-corrected chi connectivity index (χ4v) is 9.10. The second-order valence-corrected chi connectivity index (χ2v) is 19.4. The fourth-order valence-electron chi connectivity index (χ4n) is 6.48. The summed E-state index contributed by atoms with van der Waals surface area (Å²) in [5.41, 5.74) is 0. The lowest BCUT2D eigenvalue weighted by Gasteiger charge is -2.20. The van der Waals surface area contributed by atoms with Crippen molar-refractivity contribution >= 4 is 47.3 Å². The number of hydrogen-bond acceptors (Lipinski definition) is 11. The number of carbonyl (C=O) groups is 3. The summed E-state index contributed by atoms with van der Waals surface area (Å²) in [5, 5.41) is 3.52. The van der Waals surface area contributed by atoms with Gasteiger partial charge in [-0.25, -0.2) is 9.55 Å². The molecule has 0 saturated carbocycles. The molecule has 11 nitrogen and oxygen atoms in total. The zero-order valence-corrected chi connectivity index (χ0v) is 39.4. The zero-order valence-electron chi connectivity index (χ0n) is 36.9. The lowest BCUT2D eigenvalue weighted by atomic mass is 10.0. The van der Waals surface area contributed by atoms with Crippen molar-refractivity contribution in [3.63, 3.8) is 0 Å². The summed E-state index contributed by atoms with van der Waals surface area (Å²) < 4.78 is 33.8. The van der Waals surface area contributed by atoms with E-state index in [1.165, 1.54) is 144 Å². The van der Waals surface area contributed by atoms with Crippen molar-refractivity contribution in [2.24, 2.45) is 0 Å². The van der Waals surface area contributed by atoms with Gasteiger partial charge in [0.15, 0.2) is 6.10 Å². The average molecular weight is 889 g/mol. The maximum atomic E-state index is 12.7. The Bertz CT molecular complexity index is 1200. The van der Waals surface area contributed by atoms with E-state index in [-0.39, 0.29) is 44.9 Å². The normalized spacial score (nSPS) is 12.9. The Morgan fingerprint density at radius 3 is 1.64 bits per heavy atom. The van der Waals surface area contributed by atoms with Gasteiger partial charge in [0.25, 0.3) is 0 Å². The third-order valence-corrected chi connectivity index (χ3v) is 13.2. The number of carbonyl (C=O) groups excluding carboxylic acids is 3. The van der Waals surface area contributed by atoms with Crippen LogP contribution in [0.3, 0.4) is 0 Å². The Labute approximate surface area is 366 Å². The molecule has 0 bridgehead atoms. The molecule has 2 N–H and O–H groups in total. The van der Waals surface area contributed by atoms with Gasteiger partial charge in [0.1, 0.15) is 11.6 Å². The molecule has 1 aromatic heterocycles. The molecular formula is C45H81N2O9PS2. The summed E-state index contributed by atoms with van der Waals surface area (Å²) in [5.74, 6) is -0.521. The van der Waals surface area contributed by atoms with Gasteiger partial charge in [0, 0.05) is 37.8 Å². The van der Waals surface area contributed by atoms with Crippen LogP contribution in [-0.4, -0.2) is 65.9 Å². The van der Waals surface area contributed by atoms with Crippen molar-refractivity contribution in [1.29, 1.82) is 0 Å². The van der Waals surface area contributed by atoms with Gasteiger partial charge in [0.2, 0.25) is 5.91 Å². The molecule has 1 heterocycles. The monoisotopic (exact) mass is 889 g/mol. The van der Waals surface area contributed by atoms with Crippen molar-refractivity contribution in [3.8, 4) is 0 Å². The molecule has 0 aliphatic rings. The molecule has 1 aromatic rings. The molecule has 2 unspecified atom stereocenters. The Kier molecular flexibility index (Phi) is 38.0. The number of phosphoric acid groups is 1. The van der Waals surface area contributed by atoms with E-state index in [9.17, 15) is 23.8 Å². The summed E-state index contributed by atoms with van der Waals surface area (Å²) in [7, 11) is -1.55. The van der Waals surface area contributed by atoms with Crippen LogP contribution < -0.4 is 5.32 Å². The Morgan fingerprint density at radius 2 is 1.15 bits per heavy atom. The highest BCUT2D eigenvalue weighted by molar-refractivity contribution is 8.76. The lowest BCUT2D eigenvalue weighted by molar-refractivity contribution is -0.161. The number of nitrogens with one attached hydrogen (secondary N) is 1. The molecule has 0 fully saturated rings. The van der Waals surface area contributed by atoms with Crippen LogP contribution in [0.4, 0.5) is 0 Å². The van der Waals surface area contributed by atoms with E-state index < -0.39 is 32.5 Å². The van der Waals surface area contributed by atoms with Gasteiger partial charge in [-0.05, 0) is 35.8 Å². The van der Waals surface area contributed by atoms with Crippen LogP contribution in [0.25, 0.3) is 0 Å². The van der Waals surface area contributed by atoms with Crippen LogP contribution in [0.1, 0.15) is 200 Å². The second-order valence-electron chi connectivity index (χ2n) is 15.6. The molecule has 0 saturated heterocycles. The predicted octanol–water partition coefficient (Wildman–Crippen LogP) is 12.9. The number of phosphoric ester groups is 1. The molecule has 14 heteroatoms. The molecule has 0 aliphatic heterocycles. The topological polar surface area (TPSA) is 150 Å². The minimum atomic E-state index is -4.55. The highest BCUT2D eigenvalue weighted by atomic mass is 33.1. The fraction of sp³-hybridized carbons (Fsp3) is 0.822. The van der Waals surface area contributed by atoms with Crippen molar-refractivity contribution in [2.45, 2.75) is 211 Å². The molecular weight excluding hydrogens is 808 g/mol. The van der Waals surface area contributed by atoms with E-state index in [1.807, 2.05) is 18.2 Å². The molecule has 2 atom stereocenters. The summed E-state index contributed by atoms with van der Waals surface area (Å²) in [6.07, 6.45) is 32.6.